The molecule has 92 valence electrons. The van der Waals surface area contributed by atoms with Gasteiger partial charge in [-0.25, -0.2) is 0 Å². The zero-order chi connectivity index (χ0) is 11.8. The number of hydrogen-bond donors (Lipinski definition) is 2. The van der Waals surface area contributed by atoms with E-state index in [0.717, 1.165) is 5.57 Å². The van der Waals surface area contributed by atoms with Crippen LogP contribution in [0.2, 0.25) is 0 Å². The normalized spacial score (nSPS) is 19.9. The van der Waals surface area contributed by atoms with E-state index in [2.05, 4.69) is 4.99 Å². The van der Waals surface area contributed by atoms with Gasteiger partial charge in [-0.1, -0.05) is 19.3 Å². The fourth-order valence-corrected chi connectivity index (χ4v) is 1.79. The Bertz CT molecular complexity index is 255. The lowest BCUT2D eigenvalue weighted by atomic mass is 9.96. The molecule has 0 aromatic rings. The van der Waals surface area contributed by atoms with E-state index in [1.807, 2.05) is 13.1 Å². The van der Waals surface area contributed by atoms with Crippen LogP contribution in [0.4, 0.5) is 0 Å². The predicted octanol–water partition coefficient (Wildman–Crippen LogP) is 1.56. The lowest BCUT2D eigenvalue weighted by Gasteiger charge is -2.17. The Morgan fingerprint density at radius 2 is 2.06 bits per heavy atom. The fourth-order valence-electron chi connectivity index (χ4n) is 1.79. The van der Waals surface area contributed by atoms with Gasteiger partial charge in [-0.2, -0.15) is 0 Å². The Labute approximate surface area is 97.7 Å². The SMILES string of the molecule is CC(C=NC1CCCCC1)=C(N)OCCN. The van der Waals surface area contributed by atoms with Crippen LogP contribution < -0.4 is 11.5 Å². The van der Waals surface area contributed by atoms with E-state index < -0.39 is 0 Å². The molecule has 0 aromatic heterocycles. The largest absolute Gasteiger partial charge is 0.478 e. The van der Waals surface area contributed by atoms with Gasteiger partial charge in [0, 0.05) is 24.4 Å². The summed E-state index contributed by atoms with van der Waals surface area (Å²) >= 11 is 0. The van der Waals surface area contributed by atoms with Gasteiger partial charge in [-0.3, -0.25) is 4.99 Å². The standard InChI is InChI=1S/C12H23N3O/c1-10(12(14)16-8-7-13)9-15-11-5-3-2-4-6-11/h9,11H,2-8,13-14H2,1H3. The molecule has 0 atom stereocenters. The second kappa shape index (κ2) is 7.28. The number of ether oxygens (including phenoxy) is 1. The van der Waals surface area contributed by atoms with Crippen LogP contribution in [-0.4, -0.2) is 25.4 Å². The van der Waals surface area contributed by atoms with Crippen LogP contribution in [0.15, 0.2) is 16.4 Å². The minimum absolute atomic E-state index is 0.435. The fraction of sp³-hybridized carbons (Fsp3) is 0.750. The van der Waals surface area contributed by atoms with Crippen LogP contribution in [0.25, 0.3) is 0 Å². The van der Waals surface area contributed by atoms with Crippen LogP contribution in [0.5, 0.6) is 0 Å². The molecule has 16 heavy (non-hydrogen) atoms. The highest BCUT2D eigenvalue weighted by atomic mass is 16.5. The predicted molar refractivity (Wildman–Crippen MR) is 67.3 cm³/mol. The Kier molecular flexibility index (Phi) is 5.93. The molecule has 4 heteroatoms. The van der Waals surface area contributed by atoms with Crippen molar-refractivity contribution < 1.29 is 4.74 Å². The quantitative estimate of drug-likeness (QED) is 0.551. The molecule has 0 unspecified atom stereocenters. The first kappa shape index (κ1) is 13.0. The molecule has 0 saturated heterocycles. The van der Waals surface area contributed by atoms with Gasteiger partial charge in [-0.05, 0) is 19.8 Å². The van der Waals surface area contributed by atoms with Crippen LogP contribution in [0.1, 0.15) is 39.0 Å². The van der Waals surface area contributed by atoms with E-state index in [4.69, 9.17) is 16.2 Å². The summed E-state index contributed by atoms with van der Waals surface area (Å²) in [7, 11) is 0. The summed E-state index contributed by atoms with van der Waals surface area (Å²) in [5.41, 5.74) is 11.9. The highest BCUT2D eigenvalue weighted by Gasteiger charge is 2.10. The Balaban J connectivity index is 2.41. The van der Waals surface area contributed by atoms with Crippen molar-refractivity contribution >= 4 is 6.21 Å². The molecule has 1 fully saturated rings. The van der Waals surface area contributed by atoms with Crippen molar-refractivity contribution in [3.63, 3.8) is 0 Å². The molecular formula is C12H23N3O. The molecule has 0 amide bonds. The van der Waals surface area contributed by atoms with Crippen LogP contribution in [-0.2, 0) is 4.74 Å². The summed E-state index contributed by atoms with van der Waals surface area (Å²) < 4.78 is 5.23. The molecule has 0 bridgehead atoms. The molecular weight excluding hydrogens is 202 g/mol. The number of hydrogen-bond acceptors (Lipinski definition) is 4. The molecule has 4 N–H and O–H groups in total. The van der Waals surface area contributed by atoms with Crippen molar-refractivity contribution in [2.75, 3.05) is 13.2 Å². The van der Waals surface area contributed by atoms with Crippen molar-refractivity contribution in [1.82, 2.24) is 0 Å². The van der Waals surface area contributed by atoms with Crippen molar-refractivity contribution in [3.05, 3.63) is 11.5 Å². The van der Waals surface area contributed by atoms with E-state index >= 15 is 0 Å². The smallest absolute Gasteiger partial charge is 0.188 e. The first-order valence-electron chi connectivity index (χ1n) is 6.06. The van der Waals surface area contributed by atoms with E-state index in [0.29, 0.717) is 25.1 Å². The van der Waals surface area contributed by atoms with Crippen molar-refractivity contribution in [3.8, 4) is 0 Å². The maximum atomic E-state index is 5.73. The zero-order valence-electron chi connectivity index (χ0n) is 10.1. The molecule has 1 saturated carbocycles. The third-order valence-corrected chi connectivity index (χ3v) is 2.82. The third-order valence-electron chi connectivity index (χ3n) is 2.82. The molecule has 0 aromatic carbocycles. The molecule has 1 aliphatic rings. The summed E-state index contributed by atoms with van der Waals surface area (Å²) in [5, 5.41) is 0. The van der Waals surface area contributed by atoms with Gasteiger partial charge in [0.2, 0.25) is 0 Å². The van der Waals surface area contributed by atoms with Gasteiger partial charge in [-0.15, -0.1) is 0 Å². The van der Waals surface area contributed by atoms with Gasteiger partial charge in [0.1, 0.15) is 6.61 Å². The second-order valence-electron chi connectivity index (χ2n) is 4.25. The minimum Gasteiger partial charge on any atom is -0.478 e. The van der Waals surface area contributed by atoms with Gasteiger partial charge < -0.3 is 16.2 Å². The van der Waals surface area contributed by atoms with E-state index in [9.17, 15) is 0 Å². The van der Waals surface area contributed by atoms with Crippen molar-refractivity contribution in [2.24, 2.45) is 16.5 Å². The third kappa shape index (κ3) is 4.66. The first-order chi connectivity index (χ1) is 7.74. The number of nitrogens with two attached hydrogens (primary N) is 2. The lowest BCUT2D eigenvalue weighted by Crippen LogP contribution is -2.14. The summed E-state index contributed by atoms with van der Waals surface area (Å²) in [6, 6.07) is 0.478. The van der Waals surface area contributed by atoms with Gasteiger partial charge >= 0.3 is 0 Å². The van der Waals surface area contributed by atoms with E-state index in [-0.39, 0.29) is 0 Å². The zero-order valence-corrected chi connectivity index (χ0v) is 10.1. The van der Waals surface area contributed by atoms with E-state index in [1.54, 1.807) is 0 Å². The number of nitrogens with zero attached hydrogens (tertiary/aromatic N) is 1. The minimum atomic E-state index is 0.435. The lowest BCUT2D eigenvalue weighted by molar-refractivity contribution is 0.216. The van der Waals surface area contributed by atoms with Gasteiger partial charge in [0.25, 0.3) is 0 Å². The van der Waals surface area contributed by atoms with Gasteiger partial charge in [0.15, 0.2) is 5.88 Å². The Morgan fingerprint density at radius 1 is 1.38 bits per heavy atom. The average Bonchev–Trinajstić information content (AvgIpc) is 2.34. The van der Waals surface area contributed by atoms with Crippen LogP contribution >= 0.6 is 0 Å². The van der Waals surface area contributed by atoms with Crippen molar-refractivity contribution in [2.45, 2.75) is 45.1 Å². The molecule has 0 heterocycles. The first-order valence-corrected chi connectivity index (χ1v) is 6.06. The molecule has 1 rings (SSSR count). The van der Waals surface area contributed by atoms with Crippen LogP contribution in [0.3, 0.4) is 0 Å². The summed E-state index contributed by atoms with van der Waals surface area (Å²) in [6.07, 6.45) is 8.18. The Hall–Kier alpha value is -1.03. The number of rotatable bonds is 5. The second-order valence-corrected chi connectivity index (χ2v) is 4.25. The summed E-state index contributed by atoms with van der Waals surface area (Å²) in [5.74, 6) is 0.435. The van der Waals surface area contributed by atoms with Gasteiger partial charge in [0.05, 0.1) is 0 Å². The molecule has 0 radical (unpaired) electrons. The molecule has 4 nitrogen and oxygen atoms in total. The summed E-state index contributed by atoms with van der Waals surface area (Å²) in [6.45, 7) is 2.85. The molecule has 1 aliphatic carbocycles. The Morgan fingerprint density at radius 3 is 2.69 bits per heavy atom. The van der Waals surface area contributed by atoms with E-state index in [1.165, 1.54) is 32.1 Å². The average molecular weight is 225 g/mol. The highest BCUT2D eigenvalue weighted by Crippen LogP contribution is 2.20. The van der Waals surface area contributed by atoms with Crippen molar-refractivity contribution in [1.29, 1.82) is 0 Å². The monoisotopic (exact) mass is 225 g/mol. The maximum Gasteiger partial charge on any atom is 0.188 e. The molecule has 0 aliphatic heterocycles. The maximum absolute atomic E-state index is 5.73. The topological polar surface area (TPSA) is 73.6 Å². The number of aliphatic imine (C=N–C) groups is 1. The summed E-state index contributed by atoms with van der Waals surface area (Å²) in [4.78, 5) is 4.54. The molecule has 0 spiro atoms. The van der Waals surface area contributed by atoms with Crippen LogP contribution in [0, 0.1) is 0 Å². The number of allylic oxidation sites excluding steroid dienone is 1. The highest BCUT2D eigenvalue weighted by molar-refractivity contribution is 5.78.